The topological polar surface area (TPSA) is 103 Å². The second kappa shape index (κ2) is 9.69. The Labute approximate surface area is 173 Å². The van der Waals surface area contributed by atoms with Crippen LogP contribution in [0.4, 0.5) is 0 Å². The first-order valence-electron chi connectivity index (χ1n) is 8.92. The number of hydrogen-bond acceptors (Lipinski definition) is 8. The number of methoxy groups -OCH3 is 2. The lowest BCUT2D eigenvalue weighted by Gasteiger charge is -2.40. The summed E-state index contributed by atoms with van der Waals surface area (Å²) >= 11 is 1.42. The molecular weight excluding hydrogens is 408 g/mol. The van der Waals surface area contributed by atoms with Crippen LogP contribution in [0.1, 0.15) is 39.4 Å². The molecule has 3 rings (SSSR count). The van der Waals surface area contributed by atoms with Gasteiger partial charge in [0.05, 0.1) is 37.7 Å². The summed E-state index contributed by atoms with van der Waals surface area (Å²) in [7, 11) is 2.44. The van der Waals surface area contributed by atoms with Gasteiger partial charge in [-0.1, -0.05) is 0 Å². The molecule has 0 bridgehead atoms. The van der Waals surface area contributed by atoms with Crippen molar-refractivity contribution in [3.8, 4) is 0 Å². The number of carbonyl (C=O) groups is 3. The molecule has 0 aliphatic carbocycles. The Bertz CT molecular complexity index is 732. The third kappa shape index (κ3) is 4.65. The predicted octanol–water partition coefficient (Wildman–Crippen LogP) is 1.16. The van der Waals surface area contributed by atoms with Crippen LogP contribution in [0.15, 0.2) is 6.07 Å². The summed E-state index contributed by atoms with van der Waals surface area (Å²) in [6, 6.07) is 0.782. The van der Waals surface area contributed by atoms with Gasteiger partial charge in [0.25, 0.3) is 5.91 Å². The van der Waals surface area contributed by atoms with Crippen LogP contribution >= 0.6 is 23.7 Å². The summed E-state index contributed by atoms with van der Waals surface area (Å²) < 4.78 is 15.4. The van der Waals surface area contributed by atoms with Gasteiger partial charge in [-0.25, -0.2) is 4.79 Å². The molecule has 28 heavy (non-hydrogen) atoms. The molecule has 0 aromatic carbocycles. The first kappa shape index (κ1) is 22.6. The monoisotopic (exact) mass is 432 g/mol. The van der Waals surface area contributed by atoms with Crippen molar-refractivity contribution in [2.24, 2.45) is 0 Å². The van der Waals surface area contributed by atoms with Crippen LogP contribution in [0.25, 0.3) is 0 Å². The van der Waals surface area contributed by atoms with Gasteiger partial charge in [-0.15, -0.1) is 23.7 Å². The zero-order chi connectivity index (χ0) is 19.4. The third-order valence-electron chi connectivity index (χ3n) is 5.03. The average molecular weight is 433 g/mol. The van der Waals surface area contributed by atoms with Gasteiger partial charge in [0, 0.05) is 11.3 Å². The van der Waals surface area contributed by atoms with E-state index in [1.807, 2.05) is 6.07 Å². The molecule has 1 saturated heterocycles. The molecule has 0 saturated carbocycles. The minimum Gasteiger partial charge on any atom is -0.469 e. The Morgan fingerprint density at radius 1 is 1.29 bits per heavy atom. The van der Waals surface area contributed by atoms with E-state index in [-0.39, 0.29) is 24.4 Å². The highest BCUT2D eigenvalue weighted by Gasteiger charge is 2.41. The number of hydrogen-bond donors (Lipinski definition) is 2. The maximum Gasteiger partial charge on any atom is 0.328 e. The summed E-state index contributed by atoms with van der Waals surface area (Å²) in [5, 5.41) is 5.93. The molecule has 156 valence electrons. The van der Waals surface area contributed by atoms with Crippen LogP contribution < -0.4 is 10.6 Å². The van der Waals surface area contributed by atoms with E-state index in [1.54, 1.807) is 0 Å². The Balaban J connectivity index is 0.00000280. The van der Waals surface area contributed by atoms with Crippen LogP contribution in [0.2, 0.25) is 0 Å². The quantitative estimate of drug-likeness (QED) is 0.673. The van der Waals surface area contributed by atoms with E-state index < -0.39 is 23.9 Å². The molecule has 2 N–H and O–H groups in total. The molecule has 10 heteroatoms. The summed E-state index contributed by atoms with van der Waals surface area (Å²) in [4.78, 5) is 37.8. The number of ether oxygens (including phenoxy) is 3. The van der Waals surface area contributed by atoms with Crippen molar-refractivity contribution < 1.29 is 28.6 Å². The molecule has 2 aliphatic rings. The maximum atomic E-state index is 12.7. The molecule has 1 fully saturated rings. The van der Waals surface area contributed by atoms with Gasteiger partial charge < -0.3 is 24.8 Å². The number of nitrogens with one attached hydrogen (secondary N) is 2. The first-order chi connectivity index (χ1) is 13.0. The maximum absolute atomic E-state index is 12.7. The lowest BCUT2D eigenvalue weighted by Crippen LogP contribution is -2.44. The Hall–Kier alpha value is -1.68. The molecule has 8 nitrogen and oxygen atoms in total. The van der Waals surface area contributed by atoms with Crippen molar-refractivity contribution in [2.75, 3.05) is 33.9 Å². The number of thiophene rings is 1. The fraction of sp³-hybridized carbons (Fsp3) is 0.611. The number of fused-ring (bicyclic) bond motifs is 2. The van der Waals surface area contributed by atoms with E-state index in [4.69, 9.17) is 4.74 Å². The number of amides is 1. The SMILES string of the molecule is COC(=O)CC(NC(=O)c1cc2c(s1)CCOC21CCNCC1)C(=O)OC.Cl. The molecule has 1 aromatic heterocycles. The Morgan fingerprint density at radius 3 is 2.64 bits per heavy atom. The lowest BCUT2D eigenvalue weighted by molar-refractivity contribution is -0.149. The van der Waals surface area contributed by atoms with Gasteiger partial charge in [-0.3, -0.25) is 9.59 Å². The van der Waals surface area contributed by atoms with Gasteiger partial charge in [-0.2, -0.15) is 0 Å². The van der Waals surface area contributed by atoms with Crippen molar-refractivity contribution in [3.63, 3.8) is 0 Å². The fourth-order valence-corrected chi connectivity index (χ4v) is 4.72. The lowest BCUT2D eigenvalue weighted by atomic mass is 9.83. The van der Waals surface area contributed by atoms with Gasteiger partial charge in [0.15, 0.2) is 0 Å². The molecule has 0 radical (unpaired) electrons. The van der Waals surface area contributed by atoms with E-state index in [2.05, 4.69) is 20.1 Å². The van der Waals surface area contributed by atoms with Gasteiger partial charge in [0.2, 0.25) is 0 Å². The number of piperidine rings is 1. The van der Waals surface area contributed by atoms with E-state index >= 15 is 0 Å². The van der Waals surface area contributed by atoms with Gasteiger partial charge in [-0.05, 0) is 37.6 Å². The molecule has 1 amide bonds. The second-order valence-corrected chi connectivity index (χ2v) is 7.76. The number of carbonyl (C=O) groups excluding carboxylic acids is 3. The van der Waals surface area contributed by atoms with Gasteiger partial charge >= 0.3 is 11.9 Å². The van der Waals surface area contributed by atoms with Crippen LogP contribution in [-0.2, 0) is 35.8 Å². The second-order valence-electron chi connectivity index (χ2n) is 6.62. The van der Waals surface area contributed by atoms with E-state index in [0.29, 0.717) is 11.5 Å². The van der Waals surface area contributed by atoms with Crippen LogP contribution in [0.5, 0.6) is 0 Å². The summed E-state index contributed by atoms with van der Waals surface area (Å²) in [5.41, 5.74) is 0.745. The van der Waals surface area contributed by atoms with E-state index in [1.165, 1.54) is 25.6 Å². The normalized spacial score (nSPS) is 18.4. The fourth-order valence-electron chi connectivity index (χ4n) is 3.59. The van der Waals surface area contributed by atoms with Crippen LogP contribution in [0, 0.1) is 0 Å². The van der Waals surface area contributed by atoms with Crippen molar-refractivity contribution in [1.82, 2.24) is 10.6 Å². The summed E-state index contributed by atoms with van der Waals surface area (Å²) in [6.45, 7) is 2.39. The number of halogens is 1. The molecule has 1 spiro atoms. The highest BCUT2D eigenvalue weighted by molar-refractivity contribution is 7.14. The van der Waals surface area contributed by atoms with Crippen molar-refractivity contribution >= 4 is 41.6 Å². The largest absolute Gasteiger partial charge is 0.469 e. The third-order valence-corrected chi connectivity index (χ3v) is 6.23. The van der Waals surface area contributed by atoms with Crippen LogP contribution in [0.3, 0.4) is 0 Å². The predicted molar refractivity (Wildman–Crippen MR) is 105 cm³/mol. The number of rotatable bonds is 5. The van der Waals surface area contributed by atoms with Crippen LogP contribution in [-0.4, -0.2) is 57.8 Å². The van der Waals surface area contributed by atoms with E-state index in [9.17, 15) is 14.4 Å². The molecular formula is C18H25ClN2O6S. The molecule has 1 atom stereocenters. The van der Waals surface area contributed by atoms with Crippen molar-refractivity contribution in [3.05, 3.63) is 21.4 Å². The smallest absolute Gasteiger partial charge is 0.328 e. The van der Waals surface area contributed by atoms with E-state index in [0.717, 1.165) is 42.8 Å². The molecule has 1 unspecified atom stereocenters. The summed E-state index contributed by atoms with van der Waals surface area (Å²) in [6.07, 6.45) is 2.22. The minimum absolute atomic E-state index is 0. The zero-order valence-electron chi connectivity index (χ0n) is 15.9. The standard InChI is InChI=1S/C18H24N2O6S.ClH/c1-24-15(21)10-12(17(23)25-2)20-16(22)14-9-11-13(27-14)3-8-26-18(11)4-6-19-7-5-18;/h9,12,19H,3-8,10H2,1-2H3,(H,20,22);1H. The Morgan fingerprint density at radius 2 is 2.00 bits per heavy atom. The van der Waals surface area contributed by atoms with Crippen molar-refractivity contribution in [2.45, 2.75) is 37.3 Å². The molecule has 3 heterocycles. The minimum atomic E-state index is -1.09. The Kier molecular flexibility index (Phi) is 7.82. The number of esters is 2. The average Bonchev–Trinajstić information content (AvgIpc) is 3.13. The molecule has 2 aliphatic heterocycles. The first-order valence-corrected chi connectivity index (χ1v) is 9.74. The summed E-state index contributed by atoms with van der Waals surface area (Å²) in [5.74, 6) is -1.69. The van der Waals surface area contributed by atoms with Crippen molar-refractivity contribution in [1.29, 1.82) is 0 Å². The highest BCUT2D eigenvalue weighted by atomic mass is 35.5. The molecule has 1 aromatic rings. The van der Waals surface area contributed by atoms with Gasteiger partial charge in [0.1, 0.15) is 6.04 Å². The zero-order valence-corrected chi connectivity index (χ0v) is 17.5. The highest BCUT2D eigenvalue weighted by Crippen LogP contribution is 2.43.